The fourth-order valence-electron chi connectivity index (χ4n) is 4.77. The second-order valence-electron chi connectivity index (χ2n) is 8.22. The van der Waals surface area contributed by atoms with Gasteiger partial charge in [0.05, 0.1) is 5.69 Å². The maximum atomic E-state index is 15.0. The molecule has 2 aliphatic rings. The minimum Gasteiger partial charge on any atom is -0.370 e. The summed E-state index contributed by atoms with van der Waals surface area (Å²) in [7, 11) is -0.696. The Kier molecular flexibility index (Phi) is 5.82. The van der Waals surface area contributed by atoms with E-state index in [0.29, 0.717) is 31.0 Å². The lowest BCUT2D eigenvalue weighted by Crippen LogP contribution is -2.35. The van der Waals surface area contributed by atoms with Crippen molar-refractivity contribution in [2.24, 2.45) is 11.8 Å². The van der Waals surface area contributed by atoms with E-state index in [4.69, 9.17) is 11.6 Å². The van der Waals surface area contributed by atoms with Crippen molar-refractivity contribution >= 4 is 33.1 Å². The molecule has 6 nitrogen and oxygen atoms in total. The molecule has 1 unspecified atom stereocenters. The van der Waals surface area contributed by atoms with Gasteiger partial charge >= 0.3 is 0 Å². The van der Waals surface area contributed by atoms with Crippen LogP contribution in [0.1, 0.15) is 12.8 Å². The SMILES string of the molecule is CN(C)C1CC[C@@H]2CN(c3cc(F)c(S(=O)(=O)Nc4cccc(F)n4)c(F)c3Cl)C[C@H]12. The van der Waals surface area contributed by atoms with Gasteiger partial charge in [-0.15, -0.1) is 0 Å². The van der Waals surface area contributed by atoms with E-state index in [2.05, 4.69) is 9.88 Å². The highest BCUT2D eigenvalue weighted by molar-refractivity contribution is 7.92. The van der Waals surface area contributed by atoms with Crippen molar-refractivity contribution in [3.05, 3.63) is 46.9 Å². The van der Waals surface area contributed by atoms with Crippen LogP contribution in [0, 0.1) is 29.4 Å². The van der Waals surface area contributed by atoms with Crippen LogP contribution >= 0.6 is 11.6 Å². The first-order valence-electron chi connectivity index (χ1n) is 9.82. The van der Waals surface area contributed by atoms with E-state index in [1.54, 1.807) is 0 Å². The number of pyridine rings is 1. The highest BCUT2D eigenvalue weighted by Crippen LogP contribution is 2.44. The van der Waals surface area contributed by atoms with Gasteiger partial charge in [-0.3, -0.25) is 4.72 Å². The second-order valence-corrected chi connectivity index (χ2v) is 10.2. The molecule has 1 aromatic carbocycles. The molecule has 0 amide bonds. The quantitative estimate of drug-likeness (QED) is 0.528. The third-order valence-corrected chi connectivity index (χ3v) is 7.89. The summed E-state index contributed by atoms with van der Waals surface area (Å²) in [5.41, 5.74) is 0.131. The molecule has 0 spiro atoms. The highest BCUT2D eigenvalue weighted by Gasteiger charge is 2.44. The van der Waals surface area contributed by atoms with Crippen molar-refractivity contribution in [3.63, 3.8) is 0 Å². The van der Waals surface area contributed by atoms with E-state index >= 15 is 4.39 Å². The highest BCUT2D eigenvalue weighted by atomic mass is 35.5. The van der Waals surface area contributed by atoms with Crippen molar-refractivity contribution in [2.45, 2.75) is 23.8 Å². The van der Waals surface area contributed by atoms with Crippen LogP contribution in [0.4, 0.5) is 24.7 Å². The Morgan fingerprint density at radius 1 is 1.19 bits per heavy atom. The monoisotopic (exact) mass is 474 g/mol. The van der Waals surface area contributed by atoms with Crippen LogP contribution in [-0.2, 0) is 10.0 Å². The van der Waals surface area contributed by atoms with Gasteiger partial charge in [-0.05, 0) is 50.9 Å². The van der Waals surface area contributed by atoms with Gasteiger partial charge in [-0.1, -0.05) is 17.7 Å². The lowest BCUT2D eigenvalue weighted by molar-refractivity contribution is 0.237. The number of fused-ring (bicyclic) bond motifs is 1. The maximum Gasteiger partial charge on any atom is 0.268 e. The third kappa shape index (κ3) is 4.08. The summed E-state index contributed by atoms with van der Waals surface area (Å²) >= 11 is 6.18. The van der Waals surface area contributed by atoms with Crippen molar-refractivity contribution in [2.75, 3.05) is 36.8 Å². The average molecular weight is 475 g/mol. The number of nitrogens with zero attached hydrogens (tertiary/aromatic N) is 3. The molecule has 1 N–H and O–H groups in total. The molecule has 0 radical (unpaired) electrons. The Labute approximate surface area is 184 Å². The number of sulfonamides is 1. The molecule has 2 fully saturated rings. The molecule has 2 heterocycles. The van der Waals surface area contributed by atoms with E-state index in [1.165, 1.54) is 6.07 Å². The number of anilines is 2. The minimum atomic E-state index is -4.73. The molecule has 11 heteroatoms. The van der Waals surface area contributed by atoms with Crippen LogP contribution in [0.25, 0.3) is 0 Å². The van der Waals surface area contributed by atoms with Crippen LogP contribution in [0.2, 0.25) is 5.02 Å². The van der Waals surface area contributed by atoms with Gasteiger partial charge in [0.15, 0.2) is 10.7 Å². The first-order valence-corrected chi connectivity index (χ1v) is 11.7. The summed E-state index contributed by atoms with van der Waals surface area (Å²) in [5.74, 6) is -3.27. The summed E-state index contributed by atoms with van der Waals surface area (Å²) < 4.78 is 70.2. The molecular formula is C20H22ClF3N4O2S. The van der Waals surface area contributed by atoms with Gasteiger partial charge in [-0.25, -0.2) is 22.2 Å². The lowest BCUT2D eigenvalue weighted by atomic mass is 9.97. The molecule has 1 aliphatic heterocycles. The number of halogens is 4. The van der Waals surface area contributed by atoms with Gasteiger partial charge in [0.1, 0.15) is 16.7 Å². The minimum absolute atomic E-state index is 0.131. The molecular weight excluding hydrogens is 453 g/mol. The van der Waals surface area contributed by atoms with Gasteiger partial charge < -0.3 is 9.80 Å². The van der Waals surface area contributed by atoms with E-state index in [9.17, 15) is 17.2 Å². The van der Waals surface area contributed by atoms with Crippen molar-refractivity contribution in [3.8, 4) is 0 Å². The summed E-state index contributed by atoms with van der Waals surface area (Å²) in [6.07, 6.45) is 2.09. The number of benzene rings is 1. The zero-order valence-corrected chi connectivity index (χ0v) is 18.5. The van der Waals surface area contributed by atoms with E-state index < -0.39 is 43.3 Å². The van der Waals surface area contributed by atoms with E-state index in [1.807, 2.05) is 23.7 Å². The first kappa shape index (κ1) is 22.2. The number of rotatable bonds is 5. The molecule has 3 atom stereocenters. The number of hydrogen-bond acceptors (Lipinski definition) is 5. The fraction of sp³-hybridized carbons (Fsp3) is 0.450. The Hall–Kier alpha value is -2.04. The molecule has 1 aliphatic carbocycles. The normalized spacial score (nSPS) is 23.5. The number of nitrogens with one attached hydrogen (secondary N) is 1. The summed E-state index contributed by atoms with van der Waals surface area (Å²) in [4.78, 5) is 6.11. The van der Waals surface area contributed by atoms with Gasteiger partial charge in [-0.2, -0.15) is 4.39 Å². The van der Waals surface area contributed by atoms with Gasteiger partial charge in [0.2, 0.25) is 5.95 Å². The standard InChI is InChI=1S/C20H22ClF3N4O2S/c1-27(2)14-7-6-11-9-28(10-12(11)14)15-8-13(22)20(19(24)18(15)21)31(29,30)26-17-5-3-4-16(23)25-17/h3-5,8,11-12,14H,6-7,9-10H2,1-2H3,(H,25,26)/t11-,12+,14?/m1/s1. The molecule has 4 rings (SSSR count). The molecule has 0 bridgehead atoms. The summed E-state index contributed by atoms with van der Waals surface area (Å²) in [5, 5.41) is -0.463. The maximum absolute atomic E-state index is 15.0. The Morgan fingerprint density at radius 2 is 1.94 bits per heavy atom. The average Bonchev–Trinajstić information content (AvgIpc) is 3.24. The van der Waals surface area contributed by atoms with Crippen molar-refractivity contribution in [1.82, 2.24) is 9.88 Å². The predicted octanol–water partition coefficient (Wildman–Crippen LogP) is 3.73. The molecule has 1 saturated heterocycles. The van der Waals surface area contributed by atoms with Crippen LogP contribution in [0.3, 0.4) is 0 Å². The summed E-state index contributed by atoms with van der Waals surface area (Å²) in [6.45, 7) is 1.19. The lowest BCUT2D eigenvalue weighted by Gasteiger charge is -2.27. The number of hydrogen-bond donors (Lipinski definition) is 1. The molecule has 31 heavy (non-hydrogen) atoms. The van der Waals surface area contributed by atoms with Crippen molar-refractivity contribution < 1.29 is 21.6 Å². The van der Waals surface area contributed by atoms with Crippen LogP contribution < -0.4 is 9.62 Å². The number of aromatic nitrogens is 1. The molecule has 1 aromatic heterocycles. The molecule has 2 aromatic rings. The zero-order valence-electron chi connectivity index (χ0n) is 16.9. The second kappa shape index (κ2) is 8.14. The van der Waals surface area contributed by atoms with Gasteiger partial charge in [0.25, 0.3) is 10.0 Å². The van der Waals surface area contributed by atoms with Crippen molar-refractivity contribution in [1.29, 1.82) is 0 Å². The Bertz CT molecular complexity index is 1120. The molecule has 168 valence electrons. The zero-order chi connectivity index (χ0) is 22.5. The predicted molar refractivity (Wildman–Crippen MR) is 112 cm³/mol. The van der Waals surface area contributed by atoms with E-state index in [-0.39, 0.29) is 5.69 Å². The van der Waals surface area contributed by atoms with E-state index in [0.717, 1.165) is 31.0 Å². The molecule has 1 saturated carbocycles. The Morgan fingerprint density at radius 3 is 2.61 bits per heavy atom. The first-order chi connectivity index (χ1) is 14.6. The smallest absolute Gasteiger partial charge is 0.268 e. The van der Waals surface area contributed by atoms with Crippen LogP contribution in [-0.4, -0.2) is 51.5 Å². The summed E-state index contributed by atoms with van der Waals surface area (Å²) in [6, 6.07) is 4.72. The topological polar surface area (TPSA) is 65.5 Å². The van der Waals surface area contributed by atoms with Gasteiger partial charge in [0, 0.05) is 25.2 Å². The van der Waals surface area contributed by atoms with Crippen LogP contribution in [0.15, 0.2) is 29.2 Å². The third-order valence-electron chi connectivity index (χ3n) is 6.14. The van der Waals surface area contributed by atoms with Crippen LogP contribution in [0.5, 0.6) is 0 Å². The Balaban J connectivity index is 1.64. The largest absolute Gasteiger partial charge is 0.370 e. The fourth-order valence-corrected chi connectivity index (χ4v) is 6.24.